The van der Waals surface area contributed by atoms with E-state index in [1.807, 2.05) is 31.2 Å². The maximum absolute atomic E-state index is 13.2. The normalized spacial score (nSPS) is 15.1. The van der Waals surface area contributed by atoms with Crippen molar-refractivity contribution in [2.24, 2.45) is 0 Å². The van der Waals surface area contributed by atoms with E-state index in [1.54, 1.807) is 30.3 Å². The molecule has 0 aliphatic heterocycles. The van der Waals surface area contributed by atoms with Crippen molar-refractivity contribution in [3.63, 3.8) is 0 Å². The van der Waals surface area contributed by atoms with E-state index in [0.29, 0.717) is 5.89 Å². The molecule has 140 valence electrons. The third-order valence-electron chi connectivity index (χ3n) is 4.97. The van der Waals surface area contributed by atoms with Crippen LogP contribution in [0, 0.1) is 6.92 Å². The van der Waals surface area contributed by atoms with Gasteiger partial charge >= 0.3 is 0 Å². The minimum atomic E-state index is -3.78. The van der Waals surface area contributed by atoms with E-state index in [0.717, 1.165) is 36.8 Å². The molecule has 0 amide bonds. The predicted octanol–water partition coefficient (Wildman–Crippen LogP) is 4.84. The van der Waals surface area contributed by atoms with Gasteiger partial charge in [0.25, 0.3) is 0 Å². The summed E-state index contributed by atoms with van der Waals surface area (Å²) in [5, 5.41) is 3.24. The van der Waals surface area contributed by atoms with Crippen LogP contribution < -0.4 is 5.32 Å². The smallest absolute Gasteiger partial charge is 0.234 e. The van der Waals surface area contributed by atoms with E-state index in [1.165, 1.54) is 0 Å². The van der Waals surface area contributed by atoms with Crippen molar-refractivity contribution < 1.29 is 12.8 Å². The summed E-state index contributed by atoms with van der Waals surface area (Å²) in [6, 6.07) is 16.2. The van der Waals surface area contributed by atoms with Crippen molar-refractivity contribution in [3.05, 3.63) is 60.2 Å². The lowest BCUT2D eigenvalue weighted by Gasteiger charge is -2.11. The van der Waals surface area contributed by atoms with E-state index < -0.39 is 9.84 Å². The van der Waals surface area contributed by atoms with Gasteiger partial charge in [-0.25, -0.2) is 8.42 Å². The Labute approximate surface area is 159 Å². The molecule has 0 radical (unpaired) electrons. The number of hydrogen-bond donors (Lipinski definition) is 1. The number of aromatic nitrogens is 1. The van der Waals surface area contributed by atoms with Crippen molar-refractivity contribution in [2.75, 3.05) is 5.32 Å². The molecule has 3 aromatic rings. The highest BCUT2D eigenvalue weighted by atomic mass is 32.2. The molecule has 1 aromatic heterocycles. The maximum Gasteiger partial charge on any atom is 0.234 e. The van der Waals surface area contributed by atoms with Crippen LogP contribution >= 0.6 is 0 Å². The van der Waals surface area contributed by atoms with Gasteiger partial charge in [0.05, 0.1) is 4.90 Å². The molecule has 0 unspecified atom stereocenters. The van der Waals surface area contributed by atoms with Gasteiger partial charge in [0, 0.05) is 11.6 Å². The largest absolute Gasteiger partial charge is 0.419 e. The van der Waals surface area contributed by atoms with Crippen molar-refractivity contribution in [1.29, 1.82) is 0 Å². The molecule has 2 aromatic carbocycles. The Balaban J connectivity index is 1.82. The zero-order valence-electron chi connectivity index (χ0n) is 15.2. The van der Waals surface area contributed by atoms with E-state index in [-0.39, 0.29) is 21.8 Å². The van der Waals surface area contributed by atoms with Crippen LogP contribution in [-0.2, 0) is 9.84 Å². The Morgan fingerprint density at radius 1 is 1.00 bits per heavy atom. The average molecular weight is 382 g/mol. The molecule has 1 aliphatic rings. The first kappa shape index (κ1) is 17.8. The second-order valence-corrected chi connectivity index (χ2v) is 8.78. The highest BCUT2D eigenvalue weighted by molar-refractivity contribution is 7.91. The van der Waals surface area contributed by atoms with Gasteiger partial charge < -0.3 is 9.73 Å². The van der Waals surface area contributed by atoms with E-state index in [2.05, 4.69) is 10.3 Å². The van der Waals surface area contributed by atoms with Gasteiger partial charge in [0.1, 0.15) is 0 Å². The molecule has 6 heteroatoms. The number of sulfone groups is 1. The first-order valence-electron chi connectivity index (χ1n) is 9.19. The first-order valence-corrected chi connectivity index (χ1v) is 10.7. The van der Waals surface area contributed by atoms with E-state index in [9.17, 15) is 8.42 Å². The minimum absolute atomic E-state index is 0.0427. The SMILES string of the molecule is Cc1ccccc1-c1nc(S(=O)(=O)c2ccccc2)c(NC2CCCC2)o1. The molecule has 4 rings (SSSR count). The summed E-state index contributed by atoms with van der Waals surface area (Å²) in [7, 11) is -3.78. The molecular formula is C21H22N2O3S. The van der Waals surface area contributed by atoms with E-state index >= 15 is 0 Å². The van der Waals surface area contributed by atoms with Gasteiger partial charge in [-0.1, -0.05) is 49.2 Å². The van der Waals surface area contributed by atoms with Gasteiger partial charge in [-0.05, 0) is 43.5 Å². The summed E-state index contributed by atoms with van der Waals surface area (Å²) in [4.78, 5) is 4.63. The molecule has 1 N–H and O–H groups in total. The molecular weight excluding hydrogens is 360 g/mol. The highest BCUT2D eigenvalue weighted by Crippen LogP contribution is 2.35. The van der Waals surface area contributed by atoms with Gasteiger partial charge in [-0.15, -0.1) is 0 Å². The number of aryl methyl sites for hydroxylation is 1. The summed E-state index contributed by atoms with van der Waals surface area (Å²) in [6.45, 7) is 1.95. The summed E-state index contributed by atoms with van der Waals surface area (Å²) in [5.74, 6) is 0.562. The van der Waals surface area contributed by atoms with Crippen LogP contribution in [0.4, 0.5) is 5.88 Å². The summed E-state index contributed by atoms with van der Waals surface area (Å²) in [5.41, 5.74) is 1.77. The molecule has 0 atom stereocenters. The fourth-order valence-corrected chi connectivity index (χ4v) is 4.76. The highest BCUT2D eigenvalue weighted by Gasteiger charge is 2.30. The molecule has 1 heterocycles. The second-order valence-electron chi connectivity index (χ2n) is 6.91. The van der Waals surface area contributed by atoms with Crippen LogP contribution in [0.2, 0.25) is 0 Å². The summed E-state index contributed by atoms with van der Waals surface area (Å²) in [6.07, 6.45) is 4.28. The number of rotatable bonds is 5. The number of oxazole rings is 1. The van der Waals surface area contributed by atoms with Gasteiger partial charge in [-0.3, -0.25) is 0 Å². The third-order valence-corrected chi connectivity index (χ3v) is 6.65. The number of anilines is 1. The van der Waals surface area contributed by atoms with Crippen LogP contribution in [0.5, 0.6) is 0 Å². The van der Waals surface area contributed by atoms with Gasteiger partial charge in [-0.2, -0.15) is 4.98 Å². The molecule has 1 fully saturated rings. The van der Waals surface area contributed by atoms with Crippen LogP contribution in [-0.4, -0.2) is 19.4 Å². The van der Waals surface area contributed by atoms with Crippen LogP contribution in [0.1, 0.15) is 31.2 Å². The zero-order valence-corrected chi connectivity index (χ0v) is 16.0. The Bertz CT molecular complexity index is 1040. The lowest BCUT2D eigenvalue weighted by molar-refractivity contribution is 0.564. The van der Waals surface area contributed by atoms with Gasteiger partial charge in [0.2, 0.25) is 26.6 Å². The Kier molecular flexibility index (Phi) is 4.74. The van der Waals surface area contributed by atoms with Crippen molar-refractivity contribution in [3.8, 4) is 11.5 Å². The number of nitrogens with zero attached hydrogens (tertiary/aromatic N) is 1. The average Bonchev–Trinajstić information content (AvgIpc) is 3.33. The van der Waals surface area contributed by atoms with Crippen LogP contribution in [0.3, 0.4) is 0 Å². The first-order chi connectivity index (χ1) is 13.1. The second kappa shape index (κ2) is 7.19. The fraction of sp³-hybridized carbons (Fsp3) is 0.286. The molecule has 27 heavy (non-hydrogen) atoms. The molecule has 1 saturated carbocycles. The predicted molar refractivity (Wildman–Crippen MR) is 104 cm³/mol. The minimum Gasteiger partial charge on any atom is -0.419 e. The Morgan fingerprint density at radius 2 is 1.67 bits per heavy atom. The standard InChI is InChI=1S/C21H22N2O3S/c1-15-9-5-8-14-18(15)19-23-21(20(26-19)22-16-10-6-7-11-16)27(24,25)17-12-3-2-4-13-17/h2-5,8-9,12-14,16,22H,6-7,10-11H2,1H3. The molecule has 1 aliphatic carbocycles. The molecule has 0 spiro atoms. The lowest BCUT2D eigenvalue weighted by Crippen LogP contribution is -2.16. The Morgan fingerprint density at radius 3 is 2.37 bits per heavy atom. The topological polar surface area (TPSA) is 72.2 Å². The molecule has 0 saturated heterocycles. The van der Waals surface area contributed by atoms with Gasteiger partial charge in [0.15, 0.2) is 0 Å². The third kappa shape index (κ3) is 3.49. The maximum atomic E-state index is 13.2. The number of nitrogens with one attached hydrogen (secondary N) is 1. The van der Waals surface area contributed by atoms with E-state index in [4.69, 9.17) is 4.42 Å². The summed E-state index contributed by atoms with van der Waals surface area (Å²) >= 11 is 0. The van der Waals surface area contributed by atoms with Crippen molar-refractivity contribution in [1.82, 2.24) is 4.98 Å². The van der Waals surface area contributed by atoms with Crippen molar-refractivity contribution >= 4 is 15.7 Å². The zero-order chi connectivity index (χ0) is 18.9. The summed E-state index contributed by atoms with van der Waals surface area (Å²) < 4.78 is 32.3. The van der Waals surface area contributed by atoms with Crippen molar-refractivity contribution in [2.45, 2.75) is 48.6 Å². The lowest BCUT2D eigenvalue weighted by atomic mass is 10.1. The fourth-order valence-electron chi connectivity index (χ4n) is 3.47. The Hall–Kier alpha value is -2.60. The van der Waals surface area contributed by atoms with Crippen LogP contribution in [0.15, 0.2) is 68.9 Å². The number of benzene rings is 2. The molecule has 5 nitrogen and oxygen atoms in total. The van der Waals surface area contributed by atoms with Crippen LogP contribution in [0.25, 0.3) is 11.5 Å². The molecule has 0 bridgehead atoms. The monoisotopic (exact) mass is 382 g/mol. The quantitative estimate of drug-likeness (QED) is 0.684. The number of hydrogen-bond acceptors (Lipinski definition) is 5.